The smallest absolute Gasteiger partial charge is 0.253 e. The fourth-order valence-electron chi connectivity index (χ4n) is 1.41. The lowest BCUT2D eigenvalue weighted by molar-refractivity contribution is 0.0803. The molecule has 4 heteroatoms. The number of carbonyl (C=O) groups excluding carboxylic acids is 1. The van der Waals surface area contributed by atoms with Gasteiger partial charge in [0, 0.05) is 29.4 Å². The van der Waals surface area contributed by atoms with Crippen molar-refractivity contribution in [1.82, 2.24) is 4.90 Å². The number of benzene rings is 1. The Bertz CT molecular complexity index is 361. The summed E-state index contributed by atoms with van der Waals surface area (Å²) in [6.45, 7) is 2.77. The Morgan fingerprint density at radius 2 is 2.12 bits per heavy atom. The van der Waals surface area contributed by atoms with E-state index in [1.165, 1.54) is 0 Å². The molecule has 0 saturated heterocycles. The minimum atomic E-state index is 0.0819. The first-order valence-electron chi connectivity index (χ1n) is 5.06. The van der Waals surface area contributed by atoms with Crippen LogP contribution in [-0.4, -0.2) is 36.4 Å². The maximum Gasteiger partial charge on any atom is 0.253 e. The van der Waals surface area contributed by atoms with Crippen LogP contribution in [0.1, 0.15) is 15.9 Å². The van der Waals surface area contributed by atoms with Gasteiger partial charge < -0.3 is 4.90 Å². The lowest BCUT2D eigenvalue weighted by atomic mass is 10.1. The number of rotatable bonds is 4. The highest BCUT2D eigenvalue weighted by Gasteiger charge is 2.11. The summed E-state index contributed by atoms with van der Waals surface area (Å²) in [7, 11) is 1.84. The average molecular weight is 302 g/mol. The van der Waals surface area contributed by atoms with E-state index in [4.69, 9.17) is 0 Å². The molecule has 1 amide bonds. The zero-order chi connectivity index (χ0) is 12.1. The van der Waals surface area contributed by atoms with Crippen LogP contribution < -0.4 is 0 Å². The predicted molar refractivity (Wildman–Crippen MR) is 74.2 cm³/mol. The molecule has 0 aliphatic heterocycles. The fraction of sp³-hybridized carbons (Fsp3) is 0.417. The summed E-state index contributed by atoms with van der Waals surface area (Å²) in [6, 6.07) is 5.78. The molecule has 1 aromatic carbocycles. The molecule has 0 heterocycles. The molecule has 1 rings (SSSR count). The highest BCUT2D eigenvalue weighted by Crippen LogP contribution is 2.16. The van der Waals surface area contributed by atoms with E-state index < -0.39 is 0 Å². The monoisotopic (exact) mass is 301 g/mol. The van der Waals surface area contributed by atoms with E-state index >= 15 is 0 Å². The lowest BCUT2D eigenvalue weighted by Gasteiger charge is -2.17. The van der Waals surface area contributed by atoms with Crippen LogP contribution in [0.3, 0.4) is 0 Å². The number of aryl methyl sites for hydroxylation is 1. The molecule has 0 aliphatic rings. The van der Waals surface area contributed by atoms with Gasteiger partial charge in [-0.05, 0) is 36.9 Å². The Kier molecular flexibility index (Phi) is 5.35. The highest BCUT2D eigenvalue weighted by atomic mass is 79.9. The SMILES string of the molecule is CSCCN(C)C(=O)c1cc(C)cc(Br)c1. The minimum Gasteiger partial charge on any atom is -0.341 e. The first kappa shape index (κ1) is 13.6. The van der Waals surface area contributed by atoms with E-state index in [1.54, 1.807) is 16.7 Å². The van der Waals surface area contributed by atoms with Crippen molar-refractivity contribution in [2.24, 2.45) is 0 Å². The molecule has 0 bridgehead atoms. The second kappa shape index (κ2) is 6.30. The third-order valence-electron chi connectivity index (χ3n) is 2.27. The number of carbonyl (C=O) groups is 1. The molecule has 0 N–H and O–H groups in total. The van der Waals surface area contributed by atoms with Gasteiger partial charge in [-0.3, -0.25) is 4.79 Å². The topological polar surface area (TPSA) is 20.3 Å². The Hall–Kier alpha value is -0.480. The lowest BCUT2D eigenvalue weighted by Crippen LogP contribution is -2.28. The van der Waals surface area contributed by atoms with Crippen molar-refractivity contribution >= 4 is 33.6 Å². The van der Waals surface area contributed by atoms with Crippen molar-refractivity contribution in [2.45, 2.75) is 6.92 Å². The third kappa shape index (κ3) is 3.83. The zero-order valence-electron chi connectivity index (χ0n) is 9.79. The van der Waals surface area contributed by atoms with Crippen LogP contribution in [0.5, 0.6) is 0 Å². The normalized spacial score (nSPS) is 10.2. The second-order valence-electron chi connectivity index (χ2n) is 3.74. The van der Waals surface area contributed by atoms with Crippen molar-refractivity contribution in [3.05, 3.63) is 33.8 Å². The molecule has 1 aromatic rings. The van der Waals surface area contributed by atoms with Crippen molar-refractivity contribution in [3.8, 4) is 0 Å². The maximum absolute atomic E-state index is 12.1. The van der Waals surface area contributed by atoms with Gasteiger partial charge in [0.2, 0.25) is 0 Å². The van der Waals surface area contributed by atoms with Gasteiger partial charge in [0.1, 0.15) is 0 Å². The van der Waals surface area contributed by atoms with Crippen LogP contribution in [0.2, 0.25) is 0 Å². The standard InChI is InChI=1S/C12H16BrNOS/c1-9-6-10(8-11(13)7-9)12(15)14(2)4-5-16-3/h6-8H,4-5H2,1-3H3. The van der Waals surface area contributed by atoms with Crippen molar-refractivity contribution in [3.63, 3.8) is 0 Å². The predicted octanol–water partition coefficient (Wildman–Crippen LogP) is 3.19. The zero-order valence-corrected chi connectivity index (χ0v) is 12.2. The van der Waals surface area contributed by atoms with Crippen LogP contribution >= 0.6 is 27.7 Å². The van der Waals surface area contributed by atoms with E-state index in [0.717, 1.165) is 27.9 Å². The summed E-state index contributed by atoms with van der Waals surface area (Å²) >= 11 is 5.15. The van der Waals surface area contributed by atoms with E-state index in [9.17, 15) is 4.79 Å². The van der Waals surface area contributed by atoms with Gasteiger partial charge >= 0.3 is 0 Å². The molecule has 0 unspecified atom stereocenters. The van der Waals surface area contributed by atoms with E-state index in [-0.39, 0.29) is 5.91 Å². The molecule has 0 saturated carbocycles. The van der Waals surface area contributed by atoms with Crippen molar-refractivity contribution < 1.29 is 4.79 Å². The van der Waals surface area contributed by atoms with Crippen molar-refractivity contribution in [2.75, 3.05) is 25.6 Å². The Morgan fingerprint density at radius 1 is 1.44 bits per heavy atom. The number of nitrogens with zero attached hydrogens (tertiary/aromatic N) is 1. The number of thioether (sulfide) groups is 1. The van der Waals surface area contributed by atoms with Crippen LogP contribution in [-0.2, 0) is 0 Å². The van der Waals surface area contributed by atoms with Crippen LogP contribution in [0.25, 0.3) is 0 Å². The molecule has 0 fully saturated rings. The van der Waals surface area contributed by atoms with Gasteiger partial charge in [-0.2, -0.15) is 11.8 Å². The van der Waals surface area contributed by atoms with E-state index in [2.05, 4.69) is 15.9 Å². The van der Waals surface area contributed by atoms with Gasteiger partial charge in [-0.25, -0.2) is 0 Å². The molecule has 0 atom stereocenters. The molecule has 0 spiro atoms. The van der Waals surface area contributed by atoms with Crippen LogP contribution in [0.15, 0.2) is 22.7 Å². The highest BCUT2D eigenvalue weighted by molar-refractivity contribution is 9.10. The third-order valence-corrected chi connectivity index (χ3v) is 3.32. The van der Waals surface area contributed by atoms with Gasteiger partial charge in [-0.1, -0.05) is 15.9 Å². The number of amides is 1. The molecule has 0 aliphatic carbocycles. The maximum atomic E-state index is 12.1. The Balaban J connectivity index is 2.79. The van der Waals surface area contributed by atoms with Gasteiger partial charge in [0.15, 0.2) is 0 Å². The first-order valence-corrected chi connectivity index (χ1v) is 7.25. The van der Waals surface area contributed by atoms with Crippen molar-refractivity contribution in [1.29, 1.82) is 0 Å². The quantitative estimate of drug-likeness (QED) is 0.851. The summed E-state index contributed by atoms with van der Waals surface area (Å²) in [4.78, 5) is 13.8. The summed E-state index contributed by atoms with van der Waals surface area (Å²) < 4.78 is 0.953. The summed E-state index contributed by atoms with van der Waals surface area (Å²) in [6.07, 6.45) is 2.04. The summed E-state index contributed by atoms with van der Waals surface area (Å²) in [5.74, 6) is 1.05. The molecular weight excluding hydrogens is 286 g/mol. The van der Waals surface area contributed by atoms with Crippen LogP contribution in [0, 0.1) is 6.92 Å². The molecule has 0 radical (unpaired) electrons. The number of hydrogen-bond acceptors (Lipinski definition) is 2. The number of halogens is 1. The molecule has 2 nitrogen and oxygen atoms in total. The Morgan fingerprint density at radius 3 is 2.69 bits per heavy atom. The summed E-state index contributed by atoms with van der Waals surface area (Å²) in [5.41, 5.74) is 1.84. The largest absolute Gasteiger partial charge is 0.341 e. The number of hydrogen-bond donors (Lipinski definition) is 0. The Labute approximate surface area is 110 Å². The average Bonchev–Trinajstić information content (AvgIpc) is 2.23. The minimum absolute atomic E-state index is 0.0819. The first-order chi connectivity index (χ1) is 7.54. The van der Waals surface area contributed by atoms with E-state index in [1.807, 2.05) is 38.4 Å². The van der Waals surface area contributed by atoms with Gasteiger partial charge in [0.25, 0.3) is 5.91 Å². The van der Waals surface area contributed by atoms with Gasteiger partial charge in [0.05, 0.1) is 0 Å². The molecule has 0 aromatic heterocycles. The summed E-state index contributed by atoms with van der Waals surface area (Å²) in [5, 5.41) is 0. The van der Waals surface area contributed by atoms with E-state index in [0.29, 0.717) is 0 Å². The molecule has 88 valence electrons. The molecule has 16 heavy (non-hydrogen) atoms. The van der Waals surface area contributed by atoms with Crippen LogP contribution in [0.4, 0.5) is 0 Å². The second-order valence-corrected chi connectivity index (χ2v) is 5.64. The molecular formula is C12H16BrNOS. The fourth-order valence-corrected chi connectivity index (χ4v) is 2.47. The van der Waals surface area contributed by atoms with Gasteiger partial charge in [-0.15, -0.1) is 0 Å².